The molecule has 0 saturated carbocycles. The number of likely N-dealkylation sites (tertiary alicyclic amines) is 1. The number of carbonyl (C=O) groups excluding carboxylic acids is 1. The highest BCUT2D eigenvalue weighted by Gasteiger charge is 2.33. The first-order chi connectivity index (χ1) is 9.08. The molecule has 0 aromatic heterocycles. The van der Waals surface area contributed by atoms with E-state index in [9.17, 15) is 9.59 Å². The average molecular weight is 262 g/mol. The van der Waals surface area contributed by atoms with Crippen molar-refractivity contribution in [1.82, 2.24) is 4.90 Å². The third kappa shape index (κ3) is 3.24. The van der Waals surface area contributed by atoms with Crippen LogP contribution in [0.1, 0.15) is 24.8 Å². The topological polar surface area (TPSA) is 83.6 Å². The van der Waals surface area contributed by atoms with E-state index in [0.717, 1.165) is 12.0 Å². The number of hydrogen-bond acceptors (Lipinski definition) is 3. The molecule has 0 bridgehead atoms. The molecule has 1 aliphatic heterocycles. The number of carboxylic acid groups (broad SMARTS) is 1. The molecule has 5 nitrogen and oxygen atoms in total. The summed E-state index contributed by atoms with van der Waals surface area (Å²) in [6, 6.07) is 6.76. The zero-order valence-electron chi connectivity index (χ0n) is 10.7. The molecule has 1 aromatic rings. The Morgan fingerprint density at radius 3 is 2.89 bits per heavy atom. The Morgan fingerprint density at radius 1 is 1.42 bits per heavy atom. The second-order valence-electron chi connectivity index (χ2n) is 4.83. The van der Waals surface area contributed by atoms with Gasteiger partial charge < -0.3 is 15.7 Å². The highest BCUT2D eigenvalue weighted by Crippen LogP contribution is 2.19. The van der Waals surface area contributed by atoms with E-state index in [4.69, 9.17) is 10.8 Å². The van der Waals surface area contributed by atoms with Gasteiger partial charge in [0.05, 0.1) is 0 Å². The van der Waals surface area contributed by atoms with Gasteiger partial charge in [-0.25, -0.2) is 4.79 Å². The molecule has 0 unspecified atom stereocenters. The fourth-order valence-electron chi connectivity index (χ4n) is 2.47. The molecule has 102 valence electrons. The molecular formula is C14H18N2O3. The zero-order chi connectivity index (χ0) is 13.8. The minimum atomic E-state index is -0.908. The quantitative estimate of drug-likeness (QED) is 0.800. The summed E-state index contributed by atoms with van der Waals surface area (Å²) >= 11 is 0. The van der Waals surface area contributed by atoms with Crippen molar-refractivity contribution in [3.8, 4) is 0 Å². The molecule has 1 aliphatic rings. The van der Waals surface area contributed by atoms with Crippen LogP contribution in [-0.2, 0) is 16.0 Å². The van der Waals surface area contributed by atoms with E-state index in [1.807, 2.05) is 18.2 Å². The van der Waals surface area contributed by atoms with Gasteiger partial charge in [0.15, 0.2) is 0 Å². The Labute approximate surface area is 112 Å². The summed E-state index contributed by atoms with van der Waals surface area (Å²) in [5.41, 5.74) is 7.35. The second-order valence-corrected chi connectivity index (χ2v) is 4.83. The van der Waals surface area contributed by atoms with Gasteiger partial charge in [0, 0.05) is 18.7 Å². The van der Waals surface area contributed by atoms with Crippen LogP contribution in [0, 0.1) is 0 Å². The molecule has 0 radical (unpaired) electrons. The SMILES string of the molecule is Nc1cccc(CCC(=O)N2CCC[C@H]2C(=O)O)c1. The highest BCUT2D eigenvalue weighted by molar-refractivity contribution is 5.84. The van der Waals surface area contributed by atoms with Crippen LogP contribution in [0.2, 0.25) is 0 Å². The molecule has 1 amide bonds. The number of aliphatic carboxylic acids is 1. The van der Waals surface area contributed by atoms with E-state index in [0.29, 0.717) is 31.5 Å². The Hall–Kier alpha value is -2.04. The van der Waals surface area contributed by atoms with Gasteiger partial charge in [-0.05, 0) is 37.0 Å². The molecule has 0 spiro atoms. The van der Waals surface area contributed by atoms with E-state index in [1.165, 1.54) is 4.90 Å². The molecule has 1 atom stereocenters. The average Bonchev–Trinajstić information content (AvgIpc) is 2.85. The monoisotopic (exact) mass is 262 g/mol. The number of carbonyl (C=O) groups is 2. The van der Waals surface area contributed by atoms with Crippen LogP contribution in [-0.4, -0.2) is 34.5 Å². The maximum atomic E-state index is 12.0. The first-order valence-corrected chi connectivity index (χ1v) is 6.44. The number of hydrogen-bond donors (Lipinski definition) is 2. The predicted octanol–water partition coefficient (Wildman–Crippen LogP) is 1.28. The number of aryl methyl sites for hydroxylation is 1. The third-order valence-corrected chi connectivity index (χ3v) is 3.44. The number of anilines is 1. The largest absolute Gasteiger partial charge is 0.480 e. The van der Waals surface area contributed by atoms with Crippen LogP contribution in [0.15, 0.2) is 24.3 Å². The minimum Gasteiger partial charge on any atom is -0.480 e. The standard InChI is InChI=1S/C14H18N2O3/c15-11-4-1-3-10(9-11)6-7-13(17)16-8-2-5-12(16)14(18)19/h1,3-4,9,12H,2,5-8,15H2,(H,18,19)/t12-/m0/s1. The van der Waals surface area contributed by atoms with Crippen molar-refractivity contribution in [3.05, 3.63) is 29.8 Å². The van der Waals surface area contributed by atoms with Gasteiger partial charge in [0.25, 0.3) is 0 Å². The van der Waals surface area contributed by atoms with E-state index < -0.39 is 12.0 Å². The van der Waals surface area contributed by atoms with Gasteiger partial charge in [-0.3, -0.25) is 4.79 Å². The summed E-state index contributed by atoms with van der Waals surface area (Å²) in [7, 11) is 0. The normalized spacial score (nSPS) is 18.5. The number of nitrogen functional groups attached to an aromatic ring is 1. The summed E-state index contributed by atoms with van der Waals surface area (Å²) in [4.78, 5) is 24.6. The number of nitrogens with two attached hydrogens (primary N) is 1. The van der Waals surface area contributed by atoms with Crippen molar-refractivity contribution in [2.75, 3.05) is 12.3 Å². The van der Waals surface area contributed by atoms with Gasteiger partial charge >= 0.3 is 5.97 Å². The van der Waals surface area contributed by atoms with Crippen molar-refractivity contribution >= 4 is 17.6 Å². The zero-order valence-corrected chi connectivity index (χ0v) is 10.7. The van der Waals surface area contributed by atoms with E-state index in [-0.39, 0.29) is 5.91 Å². The molecule has 19 heavy (non-hydrogen) atoms. The molecule has 5 heteroatoms. The van der Waals surface area contributed by atoms with Crippen LogP contribution in [0.25, 0.3) is 0 Å². The van der Waals surface area contributed by atoms with Gasteiger partial charge in [0.1, 0.15) is 6.04 Å². The number of benzene rings is 1. The number of nitrogens with zero attached hydrogens (tertiary/aromatic N) is 1. The Balaban J connectivity index is 1.92. The van der Waals surface area contributed by atoms with Crippen LogP contribution in [0.3, 0.4) is 0 Å². The van der Waals surface area contributed by atoms with E-state index in [2.05, 4.69) is 0 Å². The van der Waals surface area contributed by atoms with Crippen molar-refractivity contribution in [3.63, 3.8) is 0 Å². The van der Waals surface area contributed by atoms with Crippen molar-refractivity contribution in [1.29, 1.82) is 0 Å². The van der Waals surface area contributed by atoms with E-state index >= 15 is 0 Å². The lowest BCUT2D eigenvalue weighted by Gasteiger charge is -2.21. The minimum absolute atomic E-state index is 0.0904. The fraction of sp³-hybridized carbons (Fsp3) is 0.429. The van der Waals surface area contributed by atoms with E-state index in [1.54, 1.807) is 6.07 Å². The molecule has 0 aliphatic carbocycles. The maximum absolute atomic E-state index is 12.0. The smallest absolute Gasteiger partial charge is 0.326 e. The predicted molar refractivity (Wildman–Crippen MR) is 71.5 cm³/mol. The lowest BCUT2D eigenvalue weighted by atomic mass is 10.1. The molecule has 3 N–H and O–H groups in total. The fourth-order valence-corrected chi connectivity index (χ4v) is 2.47. The molecule has 1 fully saturated rings. The molecule has 1 heterocycles. The van der Waals surface area contributed by atoms with Crippen molar-refractivity contribution < 1.29 is 14.7 Å². The number of rotatable bonds is 4. The van der Waals surface area contributed by atoms with Crippen LogP contribution >= 0.6 is 0 Å². The second kappa shape index (κ2) is 5.73. The summed E-state index contributed by atoms with van der Waals surface area (Å²) < 4.78 is 0. The summed E-state index contributed by atoms with van der Waals surface area (Å²) in [6.07, 6.45) is 2.24. The Bertz CT molecular complexity index is 487. The molecule has 2 rings (SSSR count). The van der Waals surface area contributed by atoms with Gasteiger partial charge in [-0.1, -0.05) is 12.1 Å². The number of amides is 1. The lowest BCUT2D eigenvalue weighted by molar-refractivity contribution is -0.148. The first-order valence-electron chi connectivity index (χ1n) is 6.44. The van der Waals surface area contributed by atoms with Crippen molar-refractivity contribution in [2.24, 2.45) is 0 Å². The van der Waals surface area contributed by atoms with Crippen LogP contribution in [0.4, 0.5) is 5.69 Å². The van der Waals surface area contributed by atoms with Crippen LogP contribution < -0.4 is 5.73 Å². The van der Waals surface area contributed by atoms with Crippen LogP contribution in [0.5, 0.6) is 0 Å². The Morgan fingerprint density at radius 2 is 2.21 bits per heavy atom. The van der Waals surface area contributed by atoms with Gasteiger partial charge in [0.2, 0.25) is 5.91 Å². The Kier molecular flexibility index (Phi) is 4.04. The lowest BCUT2D eigenvalue weighted by Crippen LogP contribution is -2.40. The van der Waals surface area contributed by atoms with Gasteiger partial charge in [-0.2, -0.15) is 0 Å². The molecule has 1 aromatic carbocycles. The first kappa shape index (κ1) is 13.4. The summed E-state index contributed by atoms with van der Waals surface area (Å²) in [5.74, 6) is -0.998. The summed E-state index contributed by atoms with van der Waals surface area (Å²) in [5, 5.41) is 9.04. The highest BCUT2D eigenvalue weighted by atomic mass is 16.4. The number of carboxylic acids is 1. The summed E-state index contributed by atoms with van der Waals surface area (Å²) in [6.45, 7) is 0.548. The molecule has 1 saturated heterocycles. The molecular weight excluding hydrogens is 244 g/mol. The van der Waals surface area contributed by atoms with Crippen molar-refractivity contribution in [2.45, 2.75) is 31.7 Å². The third-order valence-electron chi connectivity index (χ3n) is 3.44. The van der Waals surface area contributed by atoms with Gasteiger partial charge in [-0.15, -0.1) is 0 Å². The maximum Gasteiger partial charge on any atom is 0.326 e.